The van der Waals surface area contributed by atoms with Crippen molar-refractivity contribution in [2.75, 3.05) is 13.4 Å². The molecule has 2 bridgehead atoms. The second-order valence-electron chi connectivity index (χ2n) is 5.73. The summed E-state index contributed by atoms with van der Waals surface area (Å²) >= 11 is 5.49. The molecule has 0 spiro atoms. The number of benzene rings is 1. The molecule has 0 amide bonds. The highest BCUT2D eigenvalue weighted by Crippen LogP contribution is 2.35. The van der Waals surface area contributed by atoms with Crippen LogP contribution in [0.25, 0.3) is 5.69 Å². The number of ketones is 1. The molecule has 10 heteroatoms. The standard InChI is InChI=1S/C14H12N4O5S/c19-9-4-8(12-5-20-13(9)23-12)18-14(24)17(15-16-18)7-1-2-10-11(3-7)22-6-21-10/h1-3,8,12-13H,4-6H2/t8-,12-,13-/m1/s1. The van der Waals surface area contributed by atoms with E-state index in [1.165, 1.54) is 4.68 Å². The van der Waals surface area contributed by atoms with Gasteiger partial charge in [0.2, 0.25) is 17.9 Å². The molecular formula is C14H12N4O5S. The maximum Gasteiger partial charge on any atom is 0.231 e. The van der Waals surface area contributed by atoms with E-state index < -0.39 is 6.29 Å². The van der Waals surface area contributed by atoms with Gasteiger partial charge in [0.1, 0.15) is 6.10 Å². The summed E-state index contributed by atoms with van der Waals surface area (Å²) < 4.78 is 25.0. The summed E-state index contributed by atoms with van der Waals surface area (Å²) in [6.45, 7) is 0.543. The van der Waals surface area contributed by atoms with Crippen molar-refractivity contribution in [3.63, 3.8) is 0 Å². The summed E-state index contributed by atoms with van der Waals surface area (Å²) in [4.78, 5) is 12.0. The minimum atomic E-state index is -0.746. The average Bonchev–Trinajstić information content (AvgIpc) is 3.30. The first-order chi connectivity index (χ1) is 11.7. The minimum Gasteiger partial charge on any atom is -0.454 e. The lowest BCUT2D eigenvalue weighted by atomic mass is 10.0. The number of fused-ring (bicyclic) bond motifs is 3. The highest BCUT2D eigenvalue weighted by atomic mass is 32.1. The van der Waals surface area contributed by atoms with Gasteiger partial charge in [-0.3, -0.25) is 4.79 Å². The van der Waals surface area contributed by atoms with Gasteiger partial charge < -0.3 is 18.9 Å². The van der Waals surface area contributed by atoms with E-state index in [4.69, 9.17) is 31.2 Å². The molecule has 0 N–H and O–H groups in total. The fraction of sp³-hybridized carbons (Fsp3) is 0.429. The van der Waals surface area contributed by atoms with Crippen LogP contribution in [0, 0.1) is 4.77 Å². The predicted octanol–water partition coefficient (Wildman–Crippen LogP) is 0.782. The number of Topliss-reactive ketones (excluding diaryl/α,β-unsaturated/α-hetero) is 1. The van der Waals surface area contributed by atoms with Crippen LogP contribution in [-0.4, -0.2) is 51.4 Å². The Hall–Kier alpha value is -2.30. The smallest absolute Gasteiger partial charge is 0.231 e. The van der Waals surface area contributed by atoms with E-state index in [1.54, 1.807) is 16.8 Å². The van der Waals surface area contributed by atoms with Crippen LogP contribution in [0.3, 0.4) is 0 Å². The van der Waals surface area contributed by atoms with Gasteiger partial charge >= 0.3 is 0 Å². The normalized spacial score (nSPS) is 27.7. The number of aromatic nitrogens is 4. The van der Waals surface area contributed by atoms with Crippen LogP contribution in [0.2, 0.25) is 0 Å². The lowest BCUT2D eigenvalue weighted by Crippen LogP contribution is -2.37. The molecule has 124 valence electrons. The Morgan fingerprint density at radius 3 is 3.00 bits per heavy atom. The summed E-state index contributed by atoms with van der Waals surface area (Å²) in [7, 11) is 0. The molecule has 0 saturated carbocycles. The van der Waals surface area contributed by atoms with Gasteiger partial charge in [-0.05, 0) is 34.8 Å². The third kappa shape index (κ3) is 2.00. The van der Waals surface area contributed by atoms with Crippen molar-refractivity contribution in [3.8, 4) is 17.2 Å². The number of tetrazole rings is 1. The Morgan fingerprint density at radius 1 is 1.21 bits per heavy atom. The van der Waals surface area contributed by atoms with E-state index in [1.807, 2.05) is 6.07 Å². The van der Waals surface area contributed by atoms with Gasteiger partial charge in [0, 0.05) is 12.5 Å². The number of hydrogen-bond donors (Lipinski definition) is 0. The van der Waals surface area contributed by atoms with Crippen LogP contribution in [0.1, 0.15) is 12.5 Å². The number of carbonyl (C=O) groups is 1. The van der Waals surface area contributed by atoms with Gasteiger partial charge in [-0.25, -0.2) is 4.68 Å². The van der Waals surface area contributed by atoms with E-state index in [0.29, 0.717) is 28.6 Å². The second kappa shape index (κ2) is 5.10. The van der Waals surface area contributed by atoms with Gasteiger partial charge in [-0.15, -0.1) is 0 Å². The highest BCUT2D eigenvalue weighted by Gasteiger charge is 2.45. The lowest BCUT2D eigenvalue weighted by molar-refractivity contribution is -0.156. The quantitative estimate of drug-likeness (QED) is 0.736. The fourth-order valence-electron chi connectivity index (χ4n) is 3.11. The first-order valence-electron chi connectivity index (χ1n) is 7.45. The number of carbonyl (C=O) groups excluding carboxylic acids is 1. The largest absolute Gasteiger partial charge is 0.454 e. The molecule has 0 unspecified atom stereocenters. The van der Waals surface area contributed by atoms with Crippen LogP contribution in [0.15, 0.2) is 18.2 Å². The Kier molecular flexibility index (Phi) is 2.99. The van der Waals surface area contributed by atoms with Gasteiger partial charge in [-0.2, -0.15) is 4.68 Å². The zero-order valence-corrected chi connectivity index (χ0v) is 13.1. The van der Waals surface area contributed by atoms with E-state index >= 15 is 0 Å². The number of nitrogens with zero attached hydrogens (tertiary/aromatic N) is 4. The molecule has 24 heavy (non-hydrogen) atoms. The van der Waals surface area contributed by atoms with Crippen molar-refractivity contribution in [1.82, 2.24) is 19.8 Å². The Labute approximate surface area is 140 Å². The second-order valence-corrected chi connectivity index (χ2v) is 6.10. The predicted molar refractivity (Wildman–Crippen MR) is 79.6 cm³/mol. The maximum atomic E-state index is 12.0. The van der Waals surface area contributed by atoms with Crippen molar-refractivity contribution in [2.45, 2.75) is 24.9 Å². The van der Waals surface area contributed by atoms with Crippen LogP contribution in [0.4, 0.5) is 0 Å². The zero-order valence-electron chi connectivity index (χ0n) is 12.3. The van der Waals surface area contributed by atoms with Crippen molar-refractivity contribution in [1.29, 1.82) is 0 Å². The molecule has 2 fully saturated rings. The number of hydrogen-bond acceptors (Lipinski definition) is 8. The Balaban J connectivity index is 1.52. The minimum absolute atomic E-state index is 0.103. The Morgan fingerprint density at radius 2 is 2.08 bits per heavy atom. The third-order valence-corrected chi connectivity index (χ3v) is 4.69. The monoisotopic (exact) mass is 348 g/mol. The molecular weight excluding hydrogens is 336 g/mol. The molecule has 1 aromatic heterocycles. The zero-order chi connectivity index (χ0) is 16.3. The maximum absolute atomic E-state index is 12.0. The topological polar surface area (TPSA) is 89.6 Å². The van der Waals surface area contributed by atoms with Crippen LogP contribution in [0.5, 0.6) is 11.5 Å². The summed E-state index contributed by atoms with van der Waals surface area (Å²) in [5.41, 5.74) is 0.708. The molecule has 4 heterocycles. The third-order valence-electron chi connectivity index (χ3n) is 4.33. The van der Waals surface area contributed by atoms with Gasteiger partial charge in [0.25, 0.3) is 0 Å². The molecule has 3 atom stereocenters. The van der Waals surface area contributed by atoms with Crippen molar-refractivity contribution < 1.29 is 23.7 Å². The first-order valence-corrected chi connectivity index (χ1v) is 7.86. The highest BCUT2D eigenvalue weighted by molar-refractivity contribution is 7.71. The van der Waals surface area contributed by atoms with E-state index in [0.717, 1.165) is 0 Å². The van der Waals surface area contributed by atoms with Crippen molar-refractivity contribution in [2.24, 2.45) is 0 Å². The molecule has 0 radical (unpaired) electrons. The summed E-state index contributed by atoms with van der Waals surface area (Å²) in [6.07, 6.45) is -0.727. The molecule has 1 aromatic carbocycles. The molecule has 2 saturated heterocycles. The molecule has 3 aliphatic rings. The molecule has 5 rings (SSSR count). The summed E-state index contributed by atoms with van der Waals surface area (Å²) in [5, 5.41) is 8.24. The average molecular weight is 348 g/mol. The van der Waals surface area contributed by atoms with Crippen LogP contribution in [-0.2, 0) is 14.3 Å². The number of rotatable bonds is 2. The van der Waals surface area contributed by atoms with Crippen LogP contribution < -0.4 is 9.47 Å². The van der Waals surface area contributed by atoms with E-state index in [-0.39, 0.29) is 31.1 Å². The number of ether oxygens (including phenoxy) is 4. The Bertz CT molecular complexity index is 894. The molecule has 3 aliphatic heterocycles. The summed E-state index contributed by atoms with van der Waals surface area (Å²) in [6, 6.07) is 5.08. The lowest BCUT2D eigenvalue weighted by Gasteiger charge is -2.25. The van der Waals surface area contributed by atoms with Crippen molar-refractivity contribution in [3.05, 3.63) is 23.0 Å². The van der Waals surface area contributed by atoms with E-state index in [2.05, 4.69) is 10.4 Å². The van der Waals surface area contributed by atoms with E-state index in [9.17, 15) is 4.79 Å². The fourth-order valence-corrected chi connectivity index (χ4v) is 3.43. The van der Waals surface area contributed by atoms with Gasteiger partial charge in [0.05, 0.1) is 18.3 Å². The summed E-state index contributed by atoms with van der Waals surface area (Å²) in [5.74, 6) is 1.21. The van der Waals surface area contributed by atoms with Gasteiger partial charge in [-0.1, -0.05) is 0 Å². The molecule has 2 aromatic rings. The SMILES string of the molecule is O=C1C[C@@H](n2nnn(-c3ccc4c(c3)OCO4)c2=S)[C@H]2CO[C@@H]1O2. The molecule has 9 nitrogen and oxygen atoms in total. The molecule has 0 aliphatic carbocycles. The van der Waals surface area contributed by atoms with Crippen molar-refractivity contribution >= 4 is 18.0 Å². The first kappa shape index (κ1) is 14.1. The van der Waals surface area contributed by atoms with Gasteiger partial charge in [0.15, 0.2) is 17.3 Å². The van der Waals surface area contributed by atoms with Crippen LogP contribution >= 0.6 is 12.2 Å².